The molecule has 0 radical (unpaired) electrons. The van der Waals surface area contributed by atoms with Crippen molar-refractivity contribution in [1.82, 2.24) is 4.31 Å². The molecule has 3 N–H and O–H groups in total. The first kappa shape index (κ1) is 17.6. The summed E-state index contributed by atoms with van der Waals surface area (Å²) in [5, 5.41) is 10.2. The molecule has 0 saturated carbocycles. The van der Waals surface area contributed by atoms with Gasteiger partial charge in [-0.3, -0.25) is 4.79 Å². The molecule has 1 amide bonds. The van der Waals surface area contributed by atoms with E-state index in [1.807, 2.05) is 54.6 Å². The zero-order chi connectivity index (χ0) is 18.1. The van der Waals surface area contributed by atoms with E-state index in [1.165, 1.54) is 4.31 Å². The molecule has 1 aliphatic rings. The van der Waals surface area contributed by atoms with Gasteiger partial charge in [-0.1, -0.05) is 58.6 Å². The van der Waals surface area contributed by atoms with E-state index in [0.717, 1.165) is 16.7 Å². The molecular weight excluding hydrogens is 342 g/mol. The number of benzene rings is 2. The van der Waals surface area contributed by atoms with Crippen molar-refractivity contribution in [2.45, 2.75) is 6.54 Å². The second-order valence-electron chi connectivity index (χ2n) is 6.07. The van der Waals surface area contributed by atoms with E-state index >= 15 is 0 Å². The quantitative estimate of drug-likeness (QED) is 0.778. The van der Waals surface area contributed by atoms with Gasteiger partial charge in [-0.15, -0.1) is 4.31 Å². The van der Waals surface area contributed by atoms with Crippen LogP contribution in [-0.4, -0.2) is 47.5 Å². The van der Waals surface area contributed by atoms with Crippen molar-refractivity contribution in [2.75, 3.05) is 19.6 Å². The first-order valence-corrected chi connectivity index (χ1v) is 9.24. The van der Waals surface area contributed by atoms with Crippen LogP contribution in [-0.2, 0) is 21.5 Å². The Morgan fingerprint density at radius 1 is 1.08 bits per heavy atom. The van der Waals surface area contributed by atoms with E-state index < -0.39 is 26.7 Å². The number of rotatable bonds is 5. The molecule has 7 nitrogen and oxygen atoms in total. The van der Waals surface area contributed by atoms with Crippen LogP contribution in [0.2, 0.25) is 0 Å². The molecule has 1 atom stereocenters. The fraction of sp³-hybridized carbons (Fsp3) is 0.235. The summed E-state index contributed by atoms with van der Waals surface area (Å²) in [6.07, 6.45) is 0. The monoisotopic (exact) mass is 362 g/mol. The maximum absolute atomic E-state index is 12.5. The second-order valence-corrected chi connectivity index (χ2v) is 8.16. The van der Waals surface area contributed by atoms with E-state index in [0.29, 0.717) is 0 Å². The maximum Gasteiger partial charge on any atom is 0.403 e. The summed E-state index contributed by atoms with van der Waals surface area (Å²) in [7, 11) is -4.06. The molecule has 0 bridgehead atoms. The molecule has 0 aliphatic carbocycles. The number of hydrogen-bond acceptors (Lipinski definition) is 4. The number of nitrogens with two attached hydrogens (primary N) is 1. The van der Waals surface area contributed by atoms with Gasteiger partial charge in [-0.25, -0.2) is 0 Å². The number of carbonyl (C=O) groups excluding carboxylic acids is 1. The maximum atomic E-state index is 12.5. The first-order valence-electron chi connectivity index (χ1n) is 7.85. The number of quaternary nitrogens is 1. The Bertz CT molecular complexity index is 869. The highest BCUT2D eigenvalue weighted by molar-refractivity contribution is 7.83. The van der Waals surface area contributed by atoms with E-state index in [9.17, 15) is 18.4 Å². The van der Waals surface area contributed by atoms with Crippen molar-refractivity contribution < 1.29 is 22.5 Å². The number of nitrogens with zero attached hydrogens (tertiary/aromatic N) is 2. The van der Waals surface area contributed by atoms with Crippen molar-refractivity contribution in [3.63, 3.8) is 0 Å². The zero-order valence-corrected chi connectivity index (χ0v) is 14.4. The molecule has 132 valence electrons. The molecule has 1 unspecified atom stereocenters. The molecule has 0 spiro atoms. The summed E-state index contributed by atoms with van der Waals surface area (Å²) in [5.41, 5.74) is 7.97. The van der Waals surface area contributed by atoms with Gasteiger partial charge in [0.15, 0.2) is 0 Å². The highest BCUT2D eigenvalue weighted by Crippen LogP contribution is 2.26. The van der Waals surface area contributed by atoms with Crippen LogP contribution >= 0.6 is 0 Å². The molecule has 25 heavy (non-hydrogen) atoms. The predicted molar refractivity (Wildman–Crippen MR) is 92.2 cm³/mol. The topological polar surface area (TPSA) is 101 Å². The van der Waals surface area contributed by atoms with Gasteiger partial charge in [0.25, 0.3) is 5.91 Å². The molecule has 1 fully saturated rings. The largest absolute Gasteiger partial charge is 0.403 e. The lowest BCUT2D eigenvalue weighted by atomic mass is 10.0. The summed E-state index contributed by atoms with van der Waals surface area (Å²) in [6.45, 7) is -0.470. The van der Waals surface area contributed by atoms with E-state index in [4.69, 9.17) is 5.73 Å². The summed E-state index contributed by atoms with van der Waals surface area (Å²) >= 11 is 0. The molecule has 1 saturated heterocycles. The Morgan fingerprint density at radius 2 is 1.68 bits per heavy atom. The fourth-order valence-corrected chi connectivity index (χ4v) is 4.57. The molecule has 1 heterocycles. The van der Waals surface area contributed by atoms with Crippen molar-refractivity contribution in [1.29, 1.82) is 0 Å². The van der Waals surface area contributed by atoms with Crippen LogP contribution in [0.4, 0.5) is 0 Å². The molecule has 2 aromatic rings. The Hall–Kier alpha value is -2.26. The van der Waals surface area contributed by atoms with Gasteiger partial charge in [-0.05, 0) is 16.7 Å². The minimum Gasteiger partial charge on any atom is -0.365 e. The van der Waals surface area contributed by atoms with Crippen LogP contribution in [0.25, 0.3) is 11.1 Å². The van der Waals surface area contributed by atoms with Crippen LogP contribution in [0.15, 0.2) is 54.6 Å². The Labute approximate surface area is 146 Å². The number of primary amides is 1. The van der Waals surface area contributed by atoms with Gasteiger partial charge in [0.1, 0.15) is 6.54 Å². The summed E-state index contributed by atoms with van der Waals surface area (Å²) in [5.74, 6) is -0.861. The van der Waals surface area contributed by atoms with Crippen molar-refractivity contribution in [3.8, 4) is 11.1 Å². The molecule has 8 heteroatoms. The molecular formula is C17H20N3O4S+. The third-order valence-electron chi connectivity index (χ3n) is 4.28. The van der Waals surface area contributed by atoms with Gasteiger partial charge in [0, 0.05) is 6.54 Å². The van der Waals surface area contributed by atoms with Gasteiger partial charge >= 0.3 is 10.2 Å². The van der Waals surface area contributed by atoms with E-state index in [1.54, 1.807) is 0 Å². The number of amides is 1. The normalized spacial score (nSPS) is 22.8. The zero-order valence-electron chi connectivity index (χ0n) is 13.6. The Morgan fingerprint density at radius 3 is 2.28 bits per heavy atom. The minimum atomic E-state index is -4.06. The van der Waals surface area contributed by atoms with Crippen LogP contribution in [0.1, 0.15) is 5.56 Å². The highest BCUT2D eigenvalue weighted by Gasteiger charge is 2.53. The SMILES string of the molecule is NC(=O)C[N+]1(O)CCN(Cc2ccc(-c3ccccc3)cc2)S1(=O)=O. The van der Waals surface area contributed by atoms with E-state index in [-0.39, 0.29) is 19.6 Å². The molecule has 1 aliphatic heterocycles. The number of hydrogen-bond donors (Lipinski definition) is 2. The van der Waals surface area contributed by atoms with Crippen molar-refractivity contribution in [2.24, 2.45) is 5.73 Å². The number of carbonyl (C=O) groups is 1. The van der Waals surface area contributed by atoms with Crippen LogP contribution in [0, 0.1) is 0 Å². The lowest BCUT2D eigenvalue weighted by Gasteiger charge is -2.22. The summed E-state index contributed by atoms with van der Waals surface area (Å²) < 4.78 is 24.8. The Balaban J connectivity index is 1.76. The van der Waals surface area contributed by atoms with Gasteiger partial charge in [0.05, 0.1) is 6.54 Å². The van der Waals surface area contributed by atoms with Gasteiger partial charge in [-0.2, -0.15) is 13.6 Å². The average Bonchev–Trinajstić information content (AvgIpc) is 2.79. The smallest absolute Gasteiger partial charge is 0.365 e. The van der Waals surface area contributed by atoms with Crippen LogP contribution in [0.3, 0.4) is 0 Å². The van der Waals surface area contributed by atoms with Gasteiger partial charge < -0.3 is 5.73 Å². The first-order chi connectivity index (χ1) is 11.8. The van der Waals surface area contributed by atoms with Crippen molar-refractivity contribution in [3.05, 3.63) is 60.2 Å². The third kappa shape index (κ3) is 3.42. The fourth-order valence-electron chi connectivity index (χ4n) is 2.92. The third-order valence-corrected chi connectivity index (χ3v) is 6.41. The summed E-state index contributed by atoms with van der Waals surface area (Å²) in [4.78, 5) is 11.0. The van der Waals surface area contributed by atoms with Gasteiger partial charge in [0.2, 0.25) is 6.54 Å². The average molecular weight is 362 g/mol. The predicted octanol–water partition coefficient (Wildman–Crippen LogP) is 1.11. The van der Waals surface area contributed by atoms with Crippen LogP contribution in [0.5, 0.6) is 0 Å². The summed E-state index contributed by atoms with van der Waals surface area (Å²) in [6, 6.07) is 17.4. The highest BCUT2D eigenvalue weighted by atomic mass is 32.2. The Kier molecular flexibility index (Phi) is 4.61. The molecule has 0 aromatic heterocycles. The molecule has 3 rings (SSSR count). The minimum absolute atomic E-state index is 0.0899. The molecule has 2 aromatic carbocycles. The standard InChI is InChI=1S/C17H19N3O4S/c18-17(21)13-20(22)11-10-19(25(20,23)24)12-14-6-8-16(9-7-14)15-4-2-1-3-5-15/h1-9,22H,10-13H2,(H-,18,21)/p+1. The van der Waals surface area contributed by atoms with E-state index in [2.05, 4.69) is 0 Å². The van der Waals surface area contributed by atoms with Crippen LogP contribution < -0.4 is 5.73 Å². The van der Waals surface area contributed by atoms with Crippen molar-refractivity contribution >= 4 is 16.1 Å². The lowest BCUT2D eigenvalue weighted by molar-refractivity contribution is -0.989. The number of hydroxylamine groups is 2. The second kappa shape index (κ2) is 6.57. The lowest BCUT2D eigenvalue weighted by Crippen LogP contribution is -2.52.